The highest BCUT2D eigenvalue weighted by Gasteiger charge is 2.49. The Kier molecular flexibility index (Phi) is 3.90. The van der Waals surface area contributed by atoms with Crippen molar-refractivity contribution < 1.29 is 35.3 Å². The Bertz CT molecular complexity index is 698. The number of halogens is 4. The van der Waals surface area contributed by atoms with E-state index < -0.39 is 41.7 Å². The zero-order valence-electron chi connectivity index (χ0n) is 13.2. The van der Waals surface area contributed by atoms with Crippen molar-refractivity contribution in [3.63, 3.8) is 0 Å². The molecule has 1 aromatic rings. The Morgan fingerprint density at radius 3 is 2.77 bits per heavy atom. The number of aliphatic hydroxyl groups is 1. The number of rotatable bonds is 3. The summed E-state index contributed by atoms with van der Waals surface area (Å²) in [6, 6.07) is 2.15. The second-order valence-corrected chi connectivity index (χ2v) is 4.78. The van der Waals surface area contributed by atoms with E-state index in [1.807, 2.05) is 0 Å². The van der Waals surface area contributed by atoms with Gasteiger partial charge in [0.05, 0.1) is 21.5 Å². The van der Waals surface area contributed by atoms with Gasteiger partial charge in [0.15, 0.2) is 0 Å². The predicted octanol–water partition coefficient (Wildman–Crippen LogP) is 3.10. The first-order valence-electron chi connectivity index (χ1n) is 7.13. The number of carbonyl (C=O) groups is 1. The highest BCUT2D eigenvalue weighted by Crippen LogP contribution is 2.40. The average molecular weight is 339 g/mol. The monoisotopic (exact) mass is 338 g/mol. The van der Waals surface area contributed by atoms with E-state index in [1.165, 1.54) is 13.0 Å². The summed E-state index contributed by atoms with van der Waals surface area (Å²) in [5.74, 6) is -1.75. The Balaban J connectivity index is 2.66. The first-order chi connectivity index (χ1) is 10.9. The molecule has 1 aliphatic heterocycles. The summed E-state index contributed by atoms with van der Waals surface area (Å²) in [5.41, 5.74) is -1.43. The molecule has 0 saturated heterocycles. The Morgan fingerprint density at radius 1 is 1.55 bits per heavy atom. The van der Waals surface area contributed by atoms with Crippen LogP contribution in [0.2, 0.25) is 5.02 Å². The number of ether oxygens (including phenoxy) is 2. The van der Waals surface area contributed by atoms with Gasteiger partial charge < -0.3 is 14.6 Å². The van der Waals surface area contributed by atoms with Crippen molar-refractivity contribution in [3.8, 4) is 5.75 Å². The second kappa shape index (κ2) is 6.18. The molecule has 0 amide bonds. The molecule has 0 radical (unpaired) electrons. The van der Waals surface area contributed by atoms with E-state index >= 15 is 0 Å². The highest BCUT2D eigenvalue weighted by atomic mass is 35.5. The topological polar surface area (TPSA) is 55.8 Å². The molecule has 0 aromatic heterocycles. The van der Waals surface area contributed by atoms with E-state index in [0.717, 1.165) is 12.1 Å². The average Bonchev–Trinajstić information content (AvgIpc) is 2.43. The number of carbonyl (C=O) groups excluding carboxylic acids is 1. The summed E-state index contributed by atoms with van der Waals surface area (Å²) in [4.78, 5) is 11.8. The van der Waals surface area contributed by atoms with Gasteiger partial charge in [0.2, 0.25) is 6.10 Å². The van der Waals surface area contributed by atoms with Crippen molar-refractivity contribution in [1.29, 1.82) is 0 Å². The fraction of sp³-hybridized carbons (Fsp3) is 0.357. The van der Waals surface area contributed by atoms with Crippen molar-refractivity contribution in [2.45, 2.75) is 25.8 Å². The van der Waals surface area contributed by atoms with Crippen LogP contribution in [-0.4, -0.2) is 30.0 Å². The third kappa shape index (κ3) is 3.20. The maximum atomic E-state index is 13.2. The third-order valence-electron chi connectivity index (χ3n) is 2.84. The van der Waals surface area contributed by atoms with E-state index in [4.69, 9.17) is 19.1 Å². The van der Waals surface area contributed by atoms with Gasteiger partial charge in [-0.25, -0.2) is 4.79 Å². The van der Waals surface area contributed by atoms with Crippen LogP contribution in [-0.2, 0) is 16.1 Å². The number of esters is 1. The van der Waals surface area contributed by atoms with E-state index in [0.29, 0.717) is 0 Å². The highest BCUT2D eigenvalue weighted by molar-refractivity contribution is 6.30. The van der Waals surface area contributed by atoms with E-state index in [9.17, 15) is 23.1 Å². The van der Waals surface area contributed by atoms with Crippen LogP contribution in [0.1, 0.15) is 20.8 Å². The first-order valence-corrected chi connectivity index (χ1v) is 6.51. The standard InChI is InChI=1S/C14H12ClF3O4/c1-2-21-13(20)10-5-7-3-9(15)4-8(6-19)11(7)22-12(10)14(16,17)18/h3-5,12,19H,2,6H2,1H3/i6D2. The van der Waals surface area contributed by atoms with Gasteiger partial charge in [-0.05, 0) is 25.1 Å². The predicted molar refractivity (Wildman–Crippen MR) is 72.5 cm³/mol. The Hall–Kier alpha value is -1.73. The summed E-state index contributed by atoms with van der Waals surface area (Å²) in [6.45, 7) is -1.68. The number of hydrogen-bond donors (Lipinski definition) is 1. The number of hydrogen-bond acceptors (Lipinski definition) is 4. The van der Waals surface area contributed by atoms with Crippen LogP contribution in [0, 0.1) is 0 Å². The molecule has 2 rings (SSSR count). The minimum atomic E-state index is -4.95. The largest absolute Gasteiger partial charge is 0.475 e. The maximum absolute atomic E-state index is 13.2. The van der Waals surface area contributed by atoms with Gasteiger partial charge in [0.1, 0.15) is 5.75 Å². The molecule has 4 nitrogen and oxygen atoms in total. The van der Waals surface area contributed by atoms with Crippen LogP contribution in [0.3, 0.4) is 0 Å². The second-order valence-electron chi connectivity index (χ2n) is 4.34. The molecule has 1 atom stereocenters. The van der Waals surface area contributed by atoms with Crippen LogP contribution in [0.5, 0.6) is 5.75 Å². The van der Waals surface area contributed by atoms with Crippen molar-refractivity contribution in [2.75, 3.05) is 6.61 Å². The maximum Gasteiger partial charge on any atom is 0.430 e. The molecule has 1 N–H and O–H groups in total. The summed E-state index contributed by atoms with van der Waals surface area (Å²) in [5, 5.41) is 9.47. The lowest BCUT2D eigenvalue weighted by molar-refractivity contribution is -0.188. The molecule has 1 aromatic carbocycles. The van der Waals surface area contributed by atoms with Gasteiger partial charge in [-0.2, -0.15) is 13.2 Å². The molecule has 0 aliphatic carbocycles. The summed E-state index contributed by atoms with van der Waals surface area (Å²) in [6.07, 6.45) is -6.72. The first kappa shape index (κ1) is 13.9. The lowest BCUT2D eigenvalue weighted by Crippen LogP contribution is -2.41. The van der Waals surface area contributed by atoms with E-state index in [1.54, 1.807) is 0 Å². The molecule has 8 heteroatoms. The minimum absolute atomic E-state index is 0.0461. The SMILES string of the molecule is [2H]C([2H])(O)c1cc(Cl)cc2c1OC(C(F)(F)F)C(C(=O)OCC)=C2. The molecular weight excluding hydrogens is 325 g/mol. The smallest absolute Gasteiger partial charge is 0.430 e. The number of benzene rings is 1. The van der Waals surface area contributed by atoms with Crippen LogP contribution in [0.25, 0.3) is 6.08 Å². The molecule has 1 unspecified atom stereocenters. The Labute approximate surface area is 131 Å². The van der Waals surface area contributed by atoms with Crippen molar-refractivity contribution >= 4 is 23.6 Å². The molecule has 1 aliphatic rings. The molecule has 0 bridgehead atoms. The van der Waals surface area contributed by atoms with Crippen molar-refractivity contribution in [1.82, 2.24) is 0 Å². The van der Waals surface area contributed by atoms with E-state index in [-0.39, 0.29) is 17.2 Å². The lowest BCUT2D eigenvalue weighted by Gasteiger charge is -2.29. The minimum Gasteiger partial charge on any atom is -0.475 e. The molecule has 0 saturated carbocycles. The lowest BCUT2D eigenvalue weighted by atomic mass is 9.99. The van der Waals surface area contributed by atoms with Crippen LogP contribution in [0.4, 0.5) is 13.2 Å². The third-order valence-corrected chi connectivity index (χ3v) is 3.06. The van der Waals surface area contributed by atoms with Gasteiger partial charge in [0.25, 0.3) is 0 Å². The normalized spacial score (nSPS) is 19.4. The summed E-state index contributed by atoms with van der Waals surface area (Å²) < 4.78 is 63.8. The Morgan fingerprint density at radius 2 is 2.23 bits per heavy atom. The molecule has 0 spiro atoms. The van der Waals surface area contributed by atoms with Crippen LogP contribution < -0.4 is 4.74 Å². The molecule has 0 fully saturated rings. The van der Waals surface area contributed by atoms with Gasteiger partial charge >= 0.3 is 12.1 Å². The quantitative estimate of drug-likeness (QED) is 0.860. The molecular formula is C14H12ClF3O4. The zero-order chi connectivity index (χ0) is 18.3. The zero-order valence-corrected chi connectivity index (χ0v) is 12.0. The summed E-state index contributed by atoms with van der Waals surface area (Å²) >= 11 is 5.80. The number of fused-ring (bicyclic) bond motifs is 1. The fourth-order valence-electron chi connectivity index (χ4n) is 1.98. The fourth-order valence-corrected chi connectivity index (χ4v) is 2.21. The molecule has 22 heavy (non-hydrogen) atoms. The summed E-state index contributed by atoms with van der Waals surface area (Å²) in [7, 11) is 0. The van der Waals surface area contributed by atoms with Gasteiger partial charge in [-0.1, -0.05) is 11.6 Å². The van der Waals surface area contributed by atoms with Crippen molar-refractivity contribution in [2.24, 2.45) is 0 Å². The van der Waals surface area contributed by atoms with Gasteiger partial charge in [0, 0.05) is 16.1 Å². The molecule has 1 heterocycles. The van der Waals surface area contributed by atoms with Crippen molar-refractivity contribution in [3.05, 3.63) is 33.9 Å². The van der Waals surface area contributed by atoms with Gasteiger partial charge in [-0.15, -0.1) is 0 Å². The van der Waals surface area contributed by atoms with Crippen LogP contribution >= 0.6 is 11.6 Å². The number of alkyl halides is 3. The van der Waals surface area contributed by atoms with Gasteiger partial charge in [-0.3, -0.25) is 0 Å². The van der Waals surface area contributed by atoms with Crippen LogP contribution in [0.15, 0.2) is 17.7 Å². The van der Waals surface area contributed by atoms with E-state index in [2.05, 4.69) is 4.74 Å². The molecule has 120 valence electrons.